The van der Waals surface area contributed by atoms with Crippen molar-refractivity contribution in [1.82, 2.24) is 19.9 Å². The molecule has 2 aromatic heterocycles. The predicted molar refractivity (Wildman–Crippen MR) is 87.1 cm³/mol. The number of pyridine rings is 1. The van der Waals surface area contributed by atoms with Crippen molar-refractivity contribution in [2.75, 3.05) is 20.2 Å². The summed E-state index contributed by atoms with van der Waals surface area (Å²) < 4.78 is 25.0. The number of aromatic nitrogens is 3. The van der Waals surface area contributed by atoms with Crippen molar-refractivity contribution in [3.05, 3.63) is 41.7 Å². The molecular formula is C17H19FN4O3. The van der Waals surface area contributed by atoms with Crippen LogP contribution in [0, 0.1) is 5.82 Å². The molecule has 0 bridgehead atoms. The van der Waals surface area contributed by atoms with Crippen molar-refractivity contribution in [2.24, 2.45) is 0 Å². The molecule has 0 unspecified atom stereocenters. The van der Waals surface area contributed by atoms with E-state index in [-0.39, 0.29) is 23.8 Å². The molecular weight excluding hydrogens is 327 g/mol. The summed E-state index contributed by atoms with van der Waals surface area (Å²) in [7, 11) is 1.47. The normalized spacial score (nSPS) is 16.8. The Kier molecular flexibility index (Phi) is 5.06. The minimum absolute atomic E-state index is 0.0647. The summed E-state index contributed by atoms with van der Waals surface area (Å²) in [5, 5.41) is 0. The second-order valence-corrected chi connectivity index (χ2v) is 5.63. The lowest BCUT2D eigenvalue weighted by molar-refractivity contribution is 0.0765. The minimum Gasteiger partial charge on any atom is -0.480 e. The van der Waals surface area contributed by atoms with Crippen molar-refractivity contribution in [1.29, 1.82) is 0 Å². The standard InChI is InChI=1S/C17H19FN4O3/c1-3-13-14(18)16(21-10-20-13)25-11-6-8-22(9-11)17(23)12-5-4-7-19-15(12)24-2/h4-5,7,10-11H,3,6,8-9H2,1-2H3/t11-/m0/s1. The SMILES string of the molecule is CCc1ncnc(O[C@H]2CCN(C(=O)c3cccnc3OC)C2)c1F. The van der Waals surface area contributed by atoms with Gasteiger partial charge in [0.15, 0.2) is 0 Å². The number of hydrogen-bond donors (Lipinski definition) is 0. The van der Waals surface area contributed by atoms with Crippen molar-refractivity contribution in [3.63, 3.8) is 0 Å². The monoisotopic (exact) mass is 346 g/mol. The van der Waals surface area contributed by atoms with Crippen molar-refractivity contribution in [3.8, 4) is 11.8 Å². The number of methoxy groups -OCH3 is 1. The molecule has 0 radical (unpaired) electrons. The number of hydrogen-bond acceptors (Lipinski definition) is 6. The highest BCUT2D eigenvalue weighted by Crippen LogP contribution is 2.23. The van der Waals surface area contributed by atoms with Gasteiger partial charge < -0.3 is 14.4 Å². The Morgan fingerprint density at radius 1 is 1.36 bits per heavy atom. The van der Waals surface area contributed by atoms with E-state index in [1.807, 2.05) is 6.92 Å². The maximum absolute atomic E-state index is 14.2. The highest BCUT2D eigenvalue weighted by Gasteiger charge is 2.31. The van der Waals surface area contributed by atoms with Crippen LogP contribution in [0.4, 0.5) is 4.39 Å². The molecule has 1 fully saturated rings. The minimum atomic E-state index is -0.538. The fourth-order valence-electron chi connectivity index (χ4n) is 2.77. The molecule has 25 heavy (non-hydrogen) atoms. The summed E-state index contributed by atoms with van der Waals surface area (Å²) in [6.45, 7) is 2.67. The number of amides is 1. The van der Waals surface area contributed by atoms with Gasteiger partial charge in [0, 0.05) is 19.2 Å². The highest BCUT2D eigenvalue weighted by atomic mass is 19.1. The average Bonchev–Trinajstić information content (AvgIpc) is 3.11. The Labute approximate surface area is 144 Å². The van der Waals surface area contributed by atoms with Crippen LogP contribution in [0.15, 0.2) is 24.7 Å². The van der Waals surface area contributed by atoms with Crippen LogP contribution < -0.4 is 9.47 Å². The molecule has 0 aliphatic carbocycles. The molecule has 1 saturated heterocycles. The molecule has 8 heteroatoms. The van der Waals surface area contributed by atoms with Crippen LogP contribution in [-0.2, 0) is 6.42 Å². The summed E-state index contributed by atoms with van der Waals surface area (Å²) in [6.07, 6.45) is 3.59. The fraction of sp³-hybridized carbons (Fsp3) is 0.412. The van der Waals surface area contributed by atoms with Crippen LogP contribution in [0.3, 0.4) is 0 Å². The average molecular weight is 346 g/mol. The number of halogens is 1. The van der Waals surface area contributed by atoms with Crippen molar-refractivity contribution < 1.29 is 18.7 Å². The lowest BCUT2D eigenvalue weighted by Crippen LogP contribution is -2.31. The van der Waals surface area contributed by atoms with Gasteiger partial charge in [-0.1, -0.05) is 6.92 Å². The molecule has 0 saturated carbocycles. The van der Waals surface area contributed by atoms with Crippen LogP contribution in [-0.4, -0.2) is 52.1 Å². The van der Waals surface area contributed by atoms with E-state index in [1.54, 1.807) is 23.2 Å². The van der Waals surface area contributed by atoms with Crippen LogP contribution >= 0.6 is 0 Å². The summed E-state index contributed by atoms with van der Waals surface area (Å²) in [6, 6.07) is 3.35. The summed E-state index contributed by atoms with van der Waals surface area (Å²) in [4.78, 5) is 26.1. The molecule has 0 spiro atoms. The van der Waals surface area contributed by atoms with E-state index in [4.69, 9.17) is 9.47 Å². The first kappa shape index (κ1) is 17.1. The first-order valence-electron chi connectivity index (χ1n) is 8.08. The van der Waals surface area contributed by atoms with Gasteiger partial charge in [0.2, 0.25) is 11.7 Å². The number of carbonyl (C=O) groups is 1. The molecule has 7 nitrogen and oxygen atoms in total. The fourth-order valence-corrected chi connectivity index (χ4v) is 2.77. The molecule has 3 rings (SSSR count). The van der Waals surface area contributed by atoms with Crippen molar-refractivity contribution in [2.45, 2.75) is 25.9 Å². The zero-order valence-corrected chi connectivity index (χ0v) is 14.1. The second kappa shape index (κ2) is 7.42. The van der Waals surface area contributed by atoms with Crippen LogP contribution in [0.2, 0.25) is 0 Å². The van der Waals surface area contributed by atoms with E-state index >= 15 is 0 Å². The quantitative estimate of drug-likeness (QED) is 0.823. The van der Waals surface area contributed by atoms with E-state index < -0.39 is 5.82 Å². The number of nitrogens with zero attached hydrogens (tertiary/aromatic N) is 4. The molecule has 1 aliphatic rings. The maximum Gasteiger partial charge on any atom is 0.259 e. The molecule has 132 valence electrons. The van der Waals surface area contributed by atoms with Gasteiger partial charge >= 0.3 is 0 Å². The highest BCUT2D eigenvalue weighted by molar-refractivity contribution is 5.96. The van der Waals surface area contributed by atoms with E-state index in [9.17, 15) is 9.18 Å². The third-order valence-corrected chi connectivity index (χ3v) is 4.07. The number of likely N-dealkylation sites (tertiary alicyclic amines) is 1. The number of ether oxygens (including phenoxy) is 2. The Morgan fingerprint density at radius 3 is 2.96 bits per heavy atom. The summed E-state index contributed by atoms with van der Waals surface area (Å²) in [5.74, 6) is -0.506. The number of carbonyl (C=O) groups excluding carboxylic acids is 1. The molecule has 0 aromatic carbocycles. The first-order chi connectivity index (χ1) is 12.1. The third kappa shape index (κ3) is 3.52. The Bertz CT molecular complexity index is 771. The number of rotatable bonds is 5. The van der Waals surface area contributed by atoms with Crippen molar-refractivity contribution >= 4 is 5.91 Å². The van der Waals surface area contributed by atoms with Gasteiger partial charge in [-0.15, -0.1) is 0 Å². The van der Waals surface area contributed by atoms with Gasteiger partial charge in [0.05, 0.1) is 19.3 Å². The largest absolute Gasteiger partial charge is 0.480 e. The predicted octanol–water partition coefficient (Wildman–Crippen LogP) is 1.88. The number of aryl methyl sites for hydroxylation is 1. The van der Waals surface area contributed by atoms with E-state index in [1.165, 1.54) is 13.4 Å². The maximum atomic E-state index is 14.2. The van der Waals surface area contributed by atoms with Crippen LogP contribution in [0.1, 0.15) is 29.4 Å². The molecule has 1 amide bonds. The lowest BCUT2D eigenvalue weighted by atomic mass is 10.2. The zero-order valence-electron chi connectivity index (χ0n) is 14.1. The van der Waals surface area contributed by atoms with Gasteiger partial charge in [-0.2, -0.15) is 9.37 Å². The van der Waals surface area contributed by atoms with Gasteiger partial charge in [-0.25, -0.2) is 9.97 Å². The second-order valence-electron chi connectivity index (χ2n) is 5.63. The van der Waals surface area contributed by atoms with Gasteiger partial charge in [-0.05, 0) is 18.6 Å². The molecule has 2 aromatic rings. The van der Waals surface area contributed by atoms with E-state index in [2.05, 4.69) is 15.0 Å². The Hall–Kier alpha value is -2.77. The molecule has 1 aliphatic heterocycles. The van der Waals surface area contributed by atoms with E-state index in [0.29, 0.717) is 37.2 Å². The smallest absolute Gasteiger partial charge is 0.259 e. The van der Waals surface area contributed by atoms with Gasteiger partial charge in [-0.3, -0.25) is 4.79 Å². The molecule has 1 atom stereocenters. The summed E-state index contributed by atoms with van der Waals surface area (Å²) >= 11 is 0. The first-order valence-corrected chi connectivity index (χ1v) is 8.08. The van der Waals surface area contributed by atoms with Crippen LogP contribution in [0.5, 0.6) is 11.8 Å². The van der Waals surface area contributed by atoms with E-state index in [0.717, 1.165) is 0 Å². The third-order valence-electron chi connectivity index (χ3n) is 4.07. The van der Waals surface area contributed by atoms with Crippen LogP contribution in [0.25, 0.3) is 0 Å². The molecule has 0 N–H and O–H groups in total. The zero-order chi connectivity index (χ0) is 17.8. The molecule has 3 heterocycles. The Balaban J connectivity index is 1.69. The Morgan fingerprint density at radius 2 is 2.20 bits per heavy atom. The lowest BCUT2D eigenvalue weighted by Gasteiger charge is -2.18. The summed E-state index contributed by atoms with van der Waals surface area (Å²) in [5.41, 5.74) is 0.711. The van der Waals surface area contributed by atoms with Gasteiger partial charge in [0.25, 0.3) is 11.8 Å². The van der Waals surface area contributed by atoms with Gasteiger partial charge in [0.1, 0.15) is 18.0 Å². The topological polar surface area (TPSA) is 77.4 Å².